The van der Waals surface area contributed by atoms with E-state index in [1.807, 2.05) is 31.5 Å². The van der Waals surface area contributed by atoms with E-state index < -0.39 is 0 Å². The number of aliphatic hydroxyl groups is 1. The van der Waals surface area contributed by atoms with Crippen molar-refractivity contribution in [2.75, 3.05) is 37.6 Å². The zero-order valence-electron chi connectivity index (χ0n) is 12.7. The van der Waals surface area contributed by atoms with E-state index in [4.69, 9.17) is 0 Å². The van der Waals surface area contributed by atoms with Gasteiger partial charge in [-0.3, -0.25) is 14.9 Å². The molecule has 0 radical (unpaired) electrons. The molecule has 22 heavy (non-hydrogen) atoms. The fraction of sp³-hybridized carbons (Fsp3) is 0.500. The molecule has 0 saturated carbocycles. The standard InChI is InChI=1S/C16H21BrN4O/c1-2-13(22)11-20-5-7-21(8-6-20)15-3-4-18-14-9-12(17)10-19-16(14)15/h3-4,9-10,13,22H,2,5-8,11H2,1H3. The molecule has 1 atom stereocenters. The average molecular weight is 365 g/mol. The third kappa shape index (κ3) is 3.39. The second-order valence-corrected chi connectivity index (χ2v) is 6.62. The lowest BCUT2D eigenvalue weighted by Gasteiger charge is -2.37. The molecular formula is C16H21BrN4O. The highest BCUT2D eigenvalue weighted by molar-refractivity contribution is 9.10. The second-order valence-electron chi connectivity index (χ2n) is 5.70. The summed E-state index contributed by atoms with van der Waals surface area (Å²) in [6, 6.07) is 4.04. The molecule has 0 amide bonds. The van der Waals surface area contributed by atoms with Crippen LogP contribution in [0.25, 0.3) is 11.0 Å². The molecule has 1 N–H and O–H groups in total. The van der Waals surface area contributed by atoms with E-state index in [-0.39, 0.29) is 6.10 Å². The van der Waals surface area contributed by atoms with E-state index in [0.29, 0.717) is 0 Å². The topological polar surface area (TPSA) is 52.5 Å². The lowest BCUT2D eigenvalue weighted by atomic mass is 10.2. The molecule has 1 aliphatic rings. The monoisotopic (exact) mass is 364 g/mol. The number of pyridine rings is 2. The van der Waals surface area contributed by atoms with Crippen LogP contribution in [0, 0.1) is 0 Å². The number of anilines is 1. The Kier molecular flexibility index (Phi) is 4.90. The first-order valence-electron chi connectivity index (χ1n) is 7.73. The van der Waals surface area contributed by atoms with Gasteiger partial charge < -0.3 is 10.0 Å². The van der Waals surface area contributed by atoms with Crippen LogP contribution in [0.4, 0.5) is 5.69 Å². The van der Waals surface area contributed by atoms with Gasteiger partial charge in [0.25, 0.3) is 0 Å². The first-order valence-corrected chi connectivity index (χ1v) is 8.52. The van der Waals surface area contributed by atoms with Gasteiger partial charge in [0, 0.05) is 49.6 Å². The lowest BCUT2D eigenvalue weighted by molar-refractivity contribution is 0.106. The maximum absolute atomic E-state index is 9.78. The average Bonchev–Trinajstić information content (AvgIpc) is 2.54. The Morgan fingerprint density at radius 1 is 1.27 bits per heavy atom. The van der Waals surface area contributed by atoms with Crippen LogP contribution < -0.4 is 4.90 Å². The Hall–Kier alpha value is -1.24. The zero-order chi connectivity index (χ0) is 15.5. The van der Waals surface area contributed by atoms with Crippen LogP contribution in [-0.2, 0) is 0 Å². The van der Waals surface area contributed by atoms with Crippen molar-refractivity contribution < 1.29 is 5.11 Å². The predicted octanol–water partition coefficient (Wildman–Crippen LogP) is 2.29. The van der Waals surface area contributed by atoms with Crippen LogP contribution >= 0.6 is 15.9 Å². The summed E-state index contributed by atoms with van der Waals surface area (Å²) in [5.41, 5.74) is 3.01. The molecule has 0 bridgehead atoms. The van der Waals surface area contributed by atoms with E-state index in [1.165, 1.54) is 0 Å². The third-order valence-electron chi connectivity index (χ3n) is 4.18. The molecular weight excluding hydrogens is 344 g/mol. The fourth-order valence-electron chi connectivity index (χ4n) is 2.85. The van der Waals surface area contributed by atoms with E-state index in [9.17, 15) is 5.11 Å². The van der Waals surface area contributed by atoms with Gasteiger partial charge in [-0.1, -0.05) is 6.92 Å². The van der Waals surface area contributed by atoms with E-state index in [0.717, 1.165) is 60.3 Å². The minimum Gasteiger partial charge on any atom is -0.392 e. The highest BCUT2D eigenvalue weighted by Gasteiger charge is 2.20. The predicted molar refractivity (Wildman–Crippen MR) is 92.2 cm³/mol. The first kappa shape index (κ1) is 15.6. The number of hydrogen-bond acceptors (Lipinski definition) is 5. The van der Waals surface area contributed by atoms with Crippen molar-refractivity contribution in [3.63, 3.8) is 0 Å². The van der Waals surface area contributed by atoms with Crippen LogP contribution in [-0.4, -0.2) is 58.8 Å². The number of aromatic nitrogens is 2. The normalized spacial score (nSPS) is 17.9. The minimum absolute atomic E-state index is 0.215. The quantitative estimate of drug-likeness (QED) is 0.901. The SMILES string of the molecule is CCC(O)CN1CCN(c2ccnc3cc(Br)cnc23)CC1. The van der Waals surface area contributed by atoms with Gasteiger partial charge in [0.15, 0.2) is 0 Å². The van der Waals surface area contributed by atoms with Crippen LogP contribution in [0.15, 0.2) is 29.0 Å². The van der Waals surface area contributed by atoms with E-state index in [1.54, 1.807) is 0 Å². The molecule has 5 nitrogen and oxygen atoms in total. The van der Waals surface area contributed by atoms with Gasteiger partial charge in [-0.05, 0) is 34.5 Å². The third-order valence-corrected chi connectivity index (χ3v) is 4.61. The van der Waals surface area contributed by atoms with Gasteiger partial charge in [0.05, 0.1) is 17.3 Å². The molecule has 6 heteroatoms. The van der Waals surface area contributed by atoms with Crippen molar-refractivity contribution in [3.05, 3.63) is 29.0 Å². The molecule has 1 aliphatic heterocycles. The molecule has 0 aliphatic carbocycles. The summed E-state index contributed by atoms with van der Waals surface area (Å²) < 4.78 is 0.947. The van der Waals surface area contributed by atoms with Crippen LogP contribution in [0.3, 0.4) is 0 Å². The summed E-state index contributed by atoms with van der Waals surface area (Å²) in [6.45, 7) is 6.63. The molecule has 2 aromatic heterocycles. The molecule has 3 rings (SSSR count). The Bertz CT molecular complexity index is 643. The van der Waals surface area contributed by atoms with Crippen molar-refractivity contribution in [1.29, 1.82) is 0 Å². The van der Waals surface area contributed by atoms with Crippen LogP contribution in [0.2, 0.25) is 0 Å². The minimum atomic E-state index is -0.215. The van der Waals surface area contributed by atoms with Crippen molar-refractivity contribution in [2.45, 2.75) is 19.4 Å². The van der Waals surface area contributed by atoms with Gasteiger partial charge in [-0.2, -0.15) is 0 Å². The number of halogens is 1. The highest BCUT2D eigenvalue weighted by atomic mass is 79.9. The first-order chi connectivity index (χ1) is 10.7. The van der Waals surface area contributed by atoms with Crippen molar-refractivity contribution in [1.82, 2.24) is 14.9 Å². The molecule has 2 aromatic rings. The van der Waals surface area contributed by atoms with Crippen LogP contribution in [0.1, 0.15) is 13.3 Å². The second kappa shape index (κ2) is 6.89. The molecule has 1 saturated heterocycles. The number of β-amino-alcohol motifs (C(OH)–C–C–N with tert-alkyl or cyclic N) is 1. The maximum atomic E-state index is 9.78. The Balaban J connectivity index is 1.74. The van der Waals surface area contributed by atoms with Gasteiger partial charge in [-0.15, -0.1) is 0 Å². The maximum Gasteiger partial charge on any atom is 0.112 e. The van der Waals surface area contributed by atoms with Crippen molar-refractivity contribution in [3.8, 4) is 0 Å². The number of hydrogen-bond donors (Lipinski definition) is 1. The molecule has 3 heterocycles. The van der Waals surface area contributed by atoms with Gasteiger partial charge in [0.2, 0.25) is 0 Å². The highest BCUT2D eigenvalue weighted by Crippen LogP contribution is 2.26. The van der Waals surface area contributed by atoms with E-state index in [2.05, 4.69) is 35.7 Å². The van der Waals surface area contributed by atoms with Crippen LogP contribution in [0.5, 0.6) is 0 Å². The molecule has 1 unspecified atom stereocenters. The Morgan fingerprint density at radius 3 is 2.77 bits per heavy atom. The smallest absolute Gasteiger partial charge is 0.112 e. The molecule has 118 valence electrons. The number of fused-ring (bicyclic) bond motifs is 1. The van der Waals surface area contributed by atoms with Gasteiger partial charge in [0.1, 0.15) is 5.52 Å². The summed E-state index contributed by atoms with van der Waals surface area (Å²) in [4.78, 5) is 13.6. The number of nitrogens with zero attached hydrogens (tertiary/aromatic N) is 4. The Morgan fingerprint density at radius 2 is 2.05 bits per heavy atom. The van der Waals surface area contributed by atoms with Gasteiger partial charge >= 0.3 is 0 Å². The fourth-order valence-corrected chi connectivity index (χ4v) is 3.16. The summed E-state index contributed by atoms with van der Waals surface area (Å²) >= 11 is 3.44. The van der Waals surface area contributed by atoms with E-state index >= 15 is 0 Å². The summed E-state index contributed by atoms with van der Waals surface area (Å²) in [6.07, 6.45) is 4.27. The number of aliphatic hydroxyl groups excluding tert-OH is 1. The number of piperazine rings is 1. The van der Waals surface area contributed by atoms with Crippen molar-refractivity contribution >= 4 is 32.7 Å². The number of rotatable bonds is 4. The molecule has 1 fully saturated rings. The van der Waals surface area contributed by atoms with Gasteiger partial charge in [-0.25, -0.2) is 0 Å². The zero-order valence-corrected chi connectivity index (χ0v) is 14.3. The molecule has 0 aromatic carbocycles. The molecule has 0 spiro atoms. The Labute approximate surface area is 139 Å². The van der Waals surface area contributed by atoms with Crippen molar-refractivity contribution in [2.24, 2.45) is 0 Å². The summed E-state index contributed by atoms with van der Waals surface area (Å²) in [5.74, 6) is 0. The largest absolute Gasteiger partial charge is 0.392 e. The lowest BCUT2D eigenvalue weighted by Crippen LogP contribution is -2.48. The summed E-state index contributed by atoms with van der Waals surface area (Å²) in [5, 5.41) is 9.78. The summed E-state index contributed by atoms with van der Waals surface area (Å²) in [7, 11) is 0.